The molecule has 0 bridgehead atoms. The van der Waals surface area contributed by atoms with Gasteiger partial charge in [0.1, 0.15) is 11.6 Å². The van der Waals surface area contributed by atoms with Crippen molar-refractivity contribution in [2.45, 2.75) is 6.92 Å². The topological polar surface area (TPSA) is 69.6 Å². The minimum atomic E-state index is 0.411. The monoisotopic (exact) mass is 293 g/mol. The van der Waals surface area contributed by atoms with E-state index in [1.165, 1.54) is 0 Å². The first-order valence-corrected chi connectivity index (χ1v) is 6.25. The highest BCUT2D eigenvalue weighted by atomic mass is 35.5. The Morgan fingerprint density at radius 3 is 2.68 bits per heavy atom. The van der Waals surface area contributed by atoms with E-state index in [0.29, 0.717) is 32.7 Å². The van der Waals surface area contributed by atoms with Gasteiger partial charge in [0.05, 0.1) is 27.3 Å². The molecule has 3 aromatic rings. The Morgan fingerprint density at radius 2 is 1.95 bits per heavy atom. The van der Waals surface area contributed by atoms with Gasteiger partial charge in [-0.3, -0.25) is 0 Å². The zero-order valence-corrected chi connectivity index (χ0v) is 11.4. The average Bonchev–Trinajstić information content (AvgIpc) is 2.76. The molecular weight excluding hydrogens is 285 g/mol. The number of aryl methyl sites for hydroxylation is 1. The lowest BCUT2D eigenvalue weighted by molar-refractivity contribution is 0.890. The number of nitrogens with zero attached hydrogens (tertiary/aromatic N) is 4. The van der Waals surface area contributed by atoms with Crippen molar-refractivity contribution in [2.24, 2.45) is 0 Å². The van der Waals surface area contributed by atoms with Gasteiger partial charge in [-0.05, 0) is 25.1 Å². The van der Waals surface area contributed by atoms with Crippen molar-refractivity contribution < 1.29 is 0 Å². The molecule has 19 heavy (non-hydrogen) atoms. The highest BCUT2D eigenvalue weighted by Gasteiger charge is 2.11. The fourth-order valence-corrected chi connectivity index (χ4v) is 2.14. The molecule has 2 N–H and O–H groups in total. The molecule has 0 spiro atoms. The van der Waals surface area contributed by atoms with Crippen LogP contribution in [0.5, 0.6) is 0 Å². The van der Waals surface area contributed by atoms with Gasteiger partial charge in [0.25, 0.3) is 0 Å². The second-order valence-electron chi connectivity index (χ2n) is 4.05. The van der Waals surface area contributed by atoms with Crippen LogP contribution >= 0.6 is 23.2 Å². The van der Waals surface area contributed by atoms with Crippen LogP contribution in [0.3, 0.4) is 0 Å². The molecule has 96 valence electrons. The molecule has 1 aromatic carbocycles. The Balaban J connectivity index is 2.28. The number of anilines is 1. The number of aromatic nitrogens is 4. The summed E-state index contributed by atoms with van der Waals surface area (Å²) in [4.78, 5) is 8.46. The van der Waals surface area contributed by atoms with Gasteiger partial charge in [-0.1, -0.05) is 23.2 Å². The number of halogens is 2. The fraction of sp³-hybridized carbons (Fsp3) is 0.0833. The number of benzene rings is 1. The molecule has 0 saturated heterocycles. The summed E-state index contributed by atoms with van der Waals surface area (Å²) < 4.78 is 1.66. The third kappa shape index (κ3) is 2.01. The van der Waals surface area contributed by atoms with Gasteiger partial charge in [-0.2, -0.15) is 5.10 Å². The maximum Gasteiger partial charge on any atom is 0.168 e. The van der Waals surface area contributed by atoms with Crippen LogP contribution in [0.2, 0.25) is 10.0 Å². The molecule has 7 heteroatoms. The van der Waals surface area contributed by atoms with Crippen LogP contribution in [0.4, 0.5) is 5.82 Å². The Bertz CT molecular complexity index is 781. The van der Waals surface area contributed by atoms with Crippen molar-refractivity contribution in [3.05, 3.63) is 40.3 Å². The van der Waals surface area contributed by atoms with Gasteiger partial charge in [-0.25, -0.2) is 14.6 Å². The summed E-state index contributed by atoms with van der Waals surface area (Å²) in [6.45, 7) is 1.78. The Hall–Kier alpha value is -1.85. The number of hydrogen-bond donors (Lipinski definition) is 1. The van der Waals surface area contributed by atoms with E-state index >= 15 is 0 Å². The van der Waals surface area contributed by atoms with E-state index in [1.54, 1.807) is 29.9 Å². The molecule has 0 saturated carbocycles. The van der Waals surface area contributed by atoms with E-state index in [4.69, 9.17) is 28.9 Å². The molecule has 3 rings (SSSR count). The van der Waals surface area contributed by atoms with Crippen LogP contribution in [0, 0.1) is 6.92 Å². The summed E-state index contributed by atoms with van der Waals surface area (Å²) in [7, 11) is 0. The molecule has 0 fully saturated rings. The molecule has 2 heterocycles. The molecule has 0 aliphatic carbocycles. The maximum atomic E-state index is 6.01. The Morgan fingerprint density at radius 1 is 1.16 bits per heavy atom. The van der Waals surface area contributed by atoms with E-state index in [1.807, 2.05) is 6.07 Å². The van der Waals surface area contributed by atoms with Crippen LogP contribution < -0.4 is 5.73 Å². The van der Waals surface area contributed by atoms with Crippen molar-refractivity contribution in [3.63, 3.8) is 0 Å². The molecule has 0 atom stereocenters. The number of fused-ring (bicyclic) bond motifs is 1. The fourth-order valence-electron chi connectivity index (χ4n) is 1.85. The van der Waals surface area contributed by atoms with Crippen molar-refractivity contribution >= 4 is 40.1 Å². The zero-order chi connectivity index (χ0) is 13.6. The Labute approximate surface area is 119 Å². The summed E-state index contributed by atoms with van der Waals surface area (Å²) >= 11 is 11.9. The van der Waals surface area contributed by atoms with E-state index in [2.05, 4.69) is 15.1 Å². The van der Waals surface area contributed by atoms with Crippen molar-refractivity contribution in [1.82, 2.24) is 19.7 Å². The second-order valence-corrected chi connectivity index (χ2v) is 4.86. The highest BCUT2D eigenvalue weighted by molar-refractivity contribution is 6.42. The molecule has 2 aromatic heterocycles. The summed E-state index contributed by atoms with van der Waals surface area (Å²) in [6, 6.07) is 5.25. The molecule has 0 radical (unpaired) electrons. The first-order chi connectivity index (χ1) is 9.06. The van der Waals surface area contributed by atoms with Gasteiger partial charge >= 0.3 is 0 Å². The van der Waals surface area contributed by atoms with Crippen molar-refractivity contribution in [2.75, 3.05) is 5.73 Å². The van der Waals surface area contributed by atoms with Gasteiger partial charge in [0.15, 0.2) is 5.65 Å². The second kappa shape index (κ2) is 4.36. The maximum absolute atomic E-state index is 6.01. The highest BCUT2D eigenvalue weighted by Crippen LogP contribution is 2.26. The van der Waals surface area contributed by atoms with Gasteiger partial charge in [-0.15, -0.1) is 0 Å². The molecule has 0 unspecified atom stereocenters. The first-order valence-electron chi connectivity index (χ1n) is 5.49. The minimum Gasteiger partial charge on any atom is -0.383 e. The zero-order valence-electron chi connectivity index (χ0n) is 9.93. The summed E-state index contributed by atoms with van der Waals surface area (Å²) in [5.74, 6) is 1.00. The number of hydrogen-bond acceptors (Lipinski definition) is 4. The Kier molecular flexibility index (Phi) is 2.80. The molecule has 0 amide bonds. The average molecular weight is 294 g/mol. The minimum absolute atomic E-state index is 0.411. The summed E-state index contributed by atoms with van der Waals surface area (Å²) in [5.41, 5.74) is 7.26. The van der Waals surface area contributed by atoms with Crippen molar-refractivity contribution in [3.8, 4) is 5.69 Å². The molecular formula is C12H9Cl2N5. The molecule has 0 aliphatic rings. The van der Waals surface area contributed by atoms with Crippen LogP contribution in [0.15, 0.2) is 24.4 Å². The van der Waals surface area contributed by atoms with E-state index in [0.717, 1.165) is 5.69 Å². The van der Waals surface area contributed by atoms with E-state index in [9.17, 15) is 0 Å². The number of nitrogen functional groups attached to an aromatic ring is 1. The van der Waals surface area contributed by atoms with E-state index in [-0.39, 0.29) is 0 Å². The largest absolute Gasteiger partial charge is 0.383 e. The lowest BCUT2D eigenvalue weighted by Gasteiger charge is -2.05. The molecule has 5 nitrogen and oxygen atoms in total. The van der Waals surface area contributed by atoms with E-state index < -0.39 is 0 Å². The predicted molar refractivity (Wildman–Crippen MR) is 75.8 cm³/mol. The van der Waals surface area contributed by atoms with Gasteiger partial charge in [0, 0.05) is 0 Å². The van der Waals surface area contributed by atoms with Crippen LogP contribution in [0.25, 0.3) is 16.7 Å². The number of rotatable bonds is 1. The van der Waals surface area contributed by atoms with Crippen LogP contribution in [-0.2, 0) is 0 Å². The first kappa shape index (κ1) is 12.2. The van der Waals surface area contributed by atoms with Gasteiger partial charge in [0.2, 0.25) is 0 Å². The quantitative estimate of drug-likeness (QED) is 0.749. The standard InChI is InChI=1S/C12H9Cl2N5/c1-6-17-11(15)8-5-16-19(12(8)18-6)7-2-3-9(13)10(14)4-7/h2-5H,1H3,(H2,15,17,18). The number of nitrogens with two attached hydrogens (primary N) is 1. The van der Waals surface area contributed by atoms with Crippen molar-refractivity contribution in [1.29, 1.82) is 0 Å². The van der Waals surface area contributed by atoms with Crippen LogP contribution in [0.1, 0.15) is 5.82 Å². The SMILES string of the molecule is Cc1nc(N)c2cnn(-c3ccc(Cl)c(Cl)c3)c2n1. The third-order valence-electron chi connectivity index (χ3n) is 2.72. The van der Waals surface area contributed by atoms with Gasteiger partial charge < -0.3 is 5.73 Å². The third-order valence-corrected chi connectivity index (χ3v) is 3.46. The lowest BCUT2D eigenvalue weighted by Crippen LogP contribution is -2.01. The van der Waals surface area contributed by atoms with Crippen LogP contribution in [-0.4, -0.2) is 19.7 Å². The summed E-state index contributed by atoms with van der Waals surface area (Å²) in [6.07, 6.45) is 1.63. The lowest BCUT2D eigenvalue weighted by atomic mass is 10.3. The normalized spacial score (nSPS) is 11.1. The summed E-state index contributed by atoms with van der Waals surface area (Å²) in [5, 5.41) is 5.93. The smallest absolute Gasteiger partial charge is 0.168 e. The molecule has 0 aliphatic heterocycles. The predicted octanol–water partition coefficient (Wildman–Crippen LogP) is 3.01.